The lowest BCUT2D eigenvalue weighted by atomic mass is 9.95. The molecule has 4 aliphatic rings. The molecule has 0 unspecified atom stereocenters. The smallest absolute Gasteiger partial charge is 0.339 e. The zero-order chi connectivity index (χ0) is 46.5. The molecule has 0 fully saturated rings. The van der Waals surface area contributed by atoms with Gasteiger partial charge in [-0.3, -0.25) is 0 Å². The molecule has 0 amide bonds. The summed E-state index contributed by atoms with van der Waals surface area (Å²) in [5.74, 6) is 4.31. The number of methoxy groups -OCH3 is 2. The number of rotatable bonds is 6. The molecule has 0 saturated carbocycles. The van der Waals surface area contributed by atoms with E-state index in [0.717, 1.165) is 87.6 Å². The Bertz CT molecular complexity index is 3500. The number of hydrogen-bond donors (Lipinski definition) is 1. The van der Waals surface area contributed by atoms with Gasteiger partial charge in [-0.15, -0.1) is 0 Å². The maximum Gasteiger partial charge on any atom is 0.339 e. The Labute approximate surface area is 421 Å². The quantitative estimate of drug-likeness (QED) is 0.148. The summed E-state index contributed by atoms with van der Waals surface area (Å²) >= 11 is 0. The van der Waals surface area contributed by atoms with E-state index in [1.807, 2.05) is 42.7 Å². The van der Waals surface area contributed by atoms with E-state index in [9.17, 15) is 21.9 Å². The summed E-state index contributed by atoms with van der Waals surface area (Å²) in [5.41, 5.74) is 6.81. The molecule has 0 spiro atoms. The molecular weight excluding hydrogens is 1000 g/mol. The van der Waals surface area contributed by atoms with Crippen molar-refractivity contribution in [1.29, 1.82) is 0 Å². The van der Waals surface area contributed by atoms with Crippen LogP contribution < -0.4 is 66.6 Å². The summed E-state index contributed by atoms with van der Waals surface area (Å²) in [7, 11) is 0.521. The number of hydrogen-bond acceptors (Lipinski definition) is 12. The molecule has 0 radical (unpaired) electrons. The number of benzene rings is 6. The number of ether oxygens (including phenoxy) is 6. The molecular formula is C51H45Cl3N2O12S2. The second-order valence-corrected chi connectivity index (χ2v) is 19.9. The Hall–Kier alpha value is -6.69. The molecule has 6 heterocycles. The van der Waals surface area contributed by atoms with Crippen molar-refractivity contribution in [3.63, 3.8) is 0 Å². The average molecular weight is 1050 g/mol. The van der Waals surface area contributed by atoms with E-state index < -0.39 is 19.2 Å². The van der Waals surface area contributed by atoms with E-state index in [2.05, 4.69) is 27.3 Å². The van der Waals surface area contributed by atoms with Crippen molar-refractivity contribution in [2.75, 3.05) is 27.8 Å². The van der Waals surface area contributed by atoms with E-state index >= 15 is 0 Å². The van der Waals surface area contributed by atoms with Crippen molar-refractivity contribution in [1.82, 2.24) is 0 Å². The van der Waals surface area contributed by atoms with Gasteiger partial charge in [0, 0.05) is 35.7 Å². The third-order valence-corrected chi connectivity index (χ3v) is 14.5. The third-order valence-electron chi connectivity index (χ3n) is 11.9. The maximum absolute atomic E-state index is 13.0. The fourth-order valence-corrected chi connectivity index (χ4v) is 10.3. The van der Waals surface area contributed by atoms with Gasteiger partial charge in [-0.25, -0.2) is 8.42 Å². The Balaban J connectivity index is 0.000000171. The van der Waals surface area contributed by atoms with Gasteiger partial charge in [-0.05, 0) is 94.7 Å². The second-order valence-electron chi connectivity index (χ2n) is 15.7. The number of nitrogens with zero attached hydrogens (tertiary/aromatic N) is 2. The molecule has 364 valence electrons. The van der Waals surface area contributed by atoms with Gasteiger partial charge >= 0.3 is 10.1 Å². The van der Waals surface area contributed by atoms with Crippen LogP contribution in [0.5, 0.6) is 46.0 Å². The molecule has 0 atom stereocenters. The molecule has 1 N–H and O–H groups in total. The number of phenols is 1. The molecule has 14 nitrogen and oxygen atoms in total. The second kappa shape index (κ2) is 20.7. The minimum absolute atomic E-state index is 0. The standard InChI is InChI=1S/C25H20NO6S.C19H15NO4.C6H5ClO2S.CH4.2ClH/c1-29-22-8-7-16-11-21-19-13-24-23(30-15-31-24)12-17(19)9-10-26(21)14-20(16)25(22)32-33(27,28)18-5-3-2-4-6-18;1-22-16-3-2-11-6-15-13-8-18-17(23-10-24-18)7-12(13)4-5-20(15)9-14(11)19(16)21;7-10(8,9)6-4-2-1-3-5-6;;;/h2-8,11-14H,9-10,15H2,1H3;2-3,6-9H,4-5,10H2,1H3;1-5H;1H4;2*1H/q+1;;;;;/p-1. The highest BCUT2D eigenvalue weighted by atomic mass is 35.7. The molecule has 70 heavy (non-hydrogen) atoms. The lowest BCUT2D eigenvalue weighted by Crippen LogP contribution is -3.00. The number of pyridine rings is 2. The van der Waals surface area contributed by atoms with Crippen LogP contribution in [0.15, 0.2) is 144 Å². The fourth-order valence-electron chi connectivity index (χ4n) is 8.54. The summed E-state index contributed by atoms with van der Waals surface area (Å²) in [6, 6.07) is 35.7. The van der Waals surface area contributed by atoms with Crippen LogP contribution in [-0.4, -0.2) is 49.7 Å². The van der Waals surface area contributed by atoms with Crippen LogP contribution in [0.4, 0.5) is 0 Å². The first-order valence-electron chi connectivity index (χ1n) is 21.0. The van der Waals surface area contributed by atoms with E-state index in [4.69, 9.17) is 43.3 Å². The predicted octanol–water partition coefficient (Wildman–Crippen LogP) is 2.91. The molecule has 6 aromatic carbocycles. The molecule has 0 aliphatic carbocycles. The Morgan fingerprint density at radius 2 is 1.01 bits per heavy atom. The van der Waals surface area contributed by atoms with Crippen LogP contribution in [0.2, 0.25) is 0 Å². The molecule has 0 bridgehead atoms. The Morgan fingerprint density at radius 1 is 0.571 bits per heavy atom. The van der Waals surface area contributed by atoms with Gasteiger partial charge < -0.3 is 62.5 Å². The molecule has 8 aromatic rings. The van der Waals surface area contributed by atoms with Crippen molar-refractivity contribution in [3.05, 3.63) is 145 Å². The minimum atomic E-state index is -4.03. The van der Waals surface area contributed by atoms with Crippen molar-refractivity contribution < 1.29 is 88.5 Å². The average Bonchev–Trinajstić information content (AvgIpc) is 4.02. The lowest BCUT2D eigenvalue weighted by Gasteiger charge is -2.17. The summed E-state index contributed by atoms with van der Waals surface area (Å²) < 4.78 is 89.8. The normalized spacial score (nSPS) is 13.1. The molecule has 4 aliphatic heterocycles. The summed E-state index contributed by atoms with van der Waals surface area (Å²) in [6.45, 7) is 2.10. The molecule has 0 saturated heterocycles. The largest absolute Gasteiger partial charge is 1.00 e. The highest BCUT2D eigenvalue weighted by molar-refractivity contribution is 8.13. The minimum Gasteiger partial charge on any atom is -1.00 e. The summed E-state index contributed by atoms with van der Waals surface area (Å²) in [5, 5.41) is 13.7. The first kappa shape index (κ1) is 51.2. The number of aryl methyl sites for hydroxylation is 4. The summed E-state index contributed by atoms with van der Waals surface area (Å²) in [6.07, 6.45) is 5.66. The summed E-state index contributed by atoms with van der Waals surface area (Å²) in [4.78, 5) is 0.219. The Kier molecular flexibility index (Phi) is 15.1. The predicted molar refractivity (Wildman–Crippen MR) is 254 cm³/mol. The number of aromatic hydroxyl groups is 1. The van der Waals surface area contributed by atoms with Crippen molar-refractivity contribution in [3.8, 4) is 68.5 Å². The van der Waals surface area contributed by atoms with E-state index in [1.165, 1.54) is 42.5 Å². The number of aromatic nitrogens is 2. The zero-order valence-electron chi connectivity index (χ0n) is 36.7. The van der Waals surface area contributed by atoms with Crippen molar-refractivity contribution in [2.24, 2.45) is 0 Å². The van der Waals surface area contributed by atoms with Gasteiger partial charge in [0.25, 0.3) is 9.05 Å². The van der Waals surface area contributed by atoms with Gasteiger partial charge in [-0.2, -0.15) is 17.6 Å². The highest BCUT2D eigenvalue weighted by Gasteiger charge is 2.31. The van der Waals surface area contributed by atoms with Crippen LogP contribution in [0, 0.1) is 0 Å². The first-order chi connectivity index (χ1) is 32.4. The first-order valence-corrected chi connectivity index (χ1v) is 24.7. The molecule has 19 heteroatoms. The van der Waals surface area contributed by atoms with Crippen LogP contribution in [0.25, 0.3) is 44.1 Å². The van der Waals surface area contributed by atoms with Crippen LogP contribution in [-0.2, 0) is 45.1 Å². The number of fused-ring (bicyclic) bond motifs is 10. The number of halogens is 3. The van der Waals surface area contributed by atoms with Crippen molar-refractivity contribution >= 4 is 51.4 Å². The van der Waals surface area contributed by atoms with E-state index in [1.54, 1.807) is 55.6 Å². The zero-order valence-corrected chi connectivity index (χ0v) is 40.6. The van der Waals surface area contributed by atoms with E-state index in [0.29, 0.717) is 16.9 Å². The monoisotopic (exact) mass is 1050 g/mol. The third kappa shape index (κ3) is 9.87. The highest BCUT2D eigenvalue weighted by Crippen LogP contribution is 2.44. The van der Waals surface area contributed by atoms with Gasteiger partial charge in [0.05, 0.1) is 41.0 Å². The molecule has 12 rings (SSSR count). The topological polar surface area (TPSA) is 161 Å². The van der Waals surface area contributed by atoms with Gasteiger partial charge in [0.1, 0.15) is 4.90 Å². The SMILES string of the molecule is C.COc1ccc2cc3[n+](cc2c1O)CCc1cc2c(cc1-3)OCO2.COc1ccc2cc3[n+](cc2c1OS(=O)(=O)c1ccccc1)CCc1cc2c(cc1-3)OCO2.O=S(=O)(Cl)c1ccccc1.[Cl-].[Cl-]. The number of phenolic OH excluding ortho intramolecular Hbond substituents is 1. The van der Waals surface area contributed by atoms with E-state index in [-0.39, 0.29) is 67.1 Å². The fraction of sp³-hybridized carbons (Fsp3) is 0.176. The van der Waals surface area contributed by atoms with Crippen LogP contribution in [0.3, 0.4) is 0 Å². The Morgan fingerprint density at radius 3 is 1.49 bits per heavy atom. The van der Waals surface area contributed by atoms with Gasteiger partial charge in [0.15, 0.2) is 71.5 Å². The lowest BCUT2D eigenvalue weighted by molar-refractivity contribution is -0.686. The van der Waals surface area contributed by atoms with Crippen LogP contribution >= 0.6 is 10.7 Å². The molecule has 2 aromatic heterocycles. The van der Waals surface area contributed by atoms with Gasteiger partial charge in [0.2, 0.25) is 25.0 Å². The van der Waals surface area contributed by atoms with Crippen molar-refractivity contribution in [2.45, 2.75) is 43.1 Å². The van der Waals surface area contributed by atoms with Crippen LogP contribution in [0.1, 0.15) is 18.6 Å². The maximum atomic E-state index is 13.0. The van der Waals surface area contributed by atoms with Gasteiger partial charge in [-0.1, -0.05) is 43.8 Å².